The number of carbonyl (C=O) groups is 3. The number of hydrogen-bond acceptors (Lipinski definition) is 11. The molecule has 6 aliphatic heterocycles. The van der Waals surface area contributed by atoms with Crippen molar-refractivity contribution in [1.29, 1.82) is 0 Å². The van der Waals surface area contributed by atoms with E-state index in [1.807, 2.05) is 6.07 Å². The summed E-state index contributed by atoms with van der Waals surface area (Å²) in [6.07, 6.45) is 6.02. The number of para-hydroxylation sites is 1. The number of hydrogen-bond donors (Lipinski definition) is 4. The zero-order chi connectivity index (χ0) is 40.5. The average Bonchev–Trinajstić information content (AvgIpc) is 3.89. The molecule has 18 atom stereocenters. The van der Waals surface area contributed by atoms with Gasteiger partial charge in [-0.05, 0) is 98.7 Å². The van der Waals surface area contributed by atoms with Crippen molar-refractivity contribution in [1.82, 2.24) is 0 Å². The summed E-state index contributed by atoms with van der Waals surface area (Å²) in [6.45, 7) is 4.49. The van der Waals surface area contributed by atoms with Crippen LogP contribution in [0.5, 0.6) is 0 Å². The first kappa shape index (κ1) is 37.9. The molecule has 11 aliphatic rings. The number of carbonyl (C=O) groups excluding carboxylic acids is 3. The topological polar surface area (TPSA) is 163 Å². The van der Waals surface area contributed by atoms with Gasteiger partial charge in [-0.25, -0.2) is 9.59 Å². The van der Waals surface area contributed by atoms with Crippen LogP contribution in [-0.4, -0.2) is 118 Å². The Morgan fingerprint density at radius 1 is 1.00 bits per heavy atom. The maximum atomic E-state index is 14.6. The monoisotopic (exact) mass is 801 g/mol. The lowest BCUT2D eigenvalue weighted by atomic mass is 9.41. The van der Waals surface area contributed by atoms with Crippen LogP contribution in [0.1, 0.15) is 96.5 Å². The van der Waals surface area contributed by atoms with E-state index in [4.69, 9.17) is 14.2 Å². The first-order chi connectivity index (χ1) is 27.7. The third-order valence-electron chi connectivity index (χ3n) is 19.9. The third kappa shape index (κ3) is 4.14. The summed E-state index contributed by atoms with van der Waals surface area (Å²) in [6, 6.07) is 8.21. The smallest absolute Gasteiger partial charge is 0.362 e. The van der Waals surface area contributed by atoms with E-state index in [9.17, 15) is 34.8 Å². The zero-order valence-electron chi connectivity index (χ0n) is 34.3. The molecule has 5 saturated carbocycles. The van der Waals surface area contributed by atoms with Crippen molar-refractivity contribution in [2.24, 2.45) is 46.3 Å². The highest BCUT2D eigenvalue weighted by Gasteiger charge is 2.83. The fourth-order valence-corrected chi connectivity index (χ4v) is 17.9. The number of aliphatic hydroxyl groups is 4. The molecule has 1 aromatic carbocycles. The van der Waals surface area contributed by atoms with Crippen molar-refractivity contribution in [2.45, 2.75) is 144 Å². The van der Waals surface area contributed by atoms with Gasteiger partial charge in [0.25, 0.3) is 0 Å². The number of nitrogens with zero attached hydrogens (tertiary/aromatic N) is 2. The highest BCUT2D eigenvalue weighted by atomic mass is 16.6. The van der Waals surface area contributed by atoms with E-state index in [2.05, 4.69) is 44.0 Å². The van der Waals surface area contributed by atoms with Crippen LogP contribution in [0, 0.1) is 46.3 Å². The average molecular weight is 802 g/mol. The van der Waals surface area contributed by atoms with Gasteiger partial charge in [0.1, 0.15) is 18.8 Å². The number of ether oxygens (including phenoxy) is 3. The fraction of sp³-hybridized carbons (Fsp3) is 0.761. The number of rotatable bonds is 6. The fourth-order valence-electron chi connectivity index (χ4n) is 17.9. The summed E-state index contributed by atoms with van der Waals surface area (Å²) in [4.78, 5) is 43.2. The highest BCUT2D eigenvalue weighted by Crippen LogP contribution is 2.73. The zero-order valence-corrected chi connectivity index (χ0v) is 34.3. The Morgan fingerprint density at radius 2 is 1.78 bits per heavy atom. The Bertz CT molecular complexity index is 2010. The van der Waals surface area contributed by atoms with Gasteiger partial charge in [0.2, 0.25) is 0 Å². The van der Waals surface area contributed by atoms with Gasteiger partial charge in [0.15, 0.2) is 12.8 Å². The second-order valence-corrected chi connectivity index (χ2v) is 20.9. The van der Waals surface area contributed by atoms with Crippen LogP contribution in [0.15, 0.2) is 35.9 Å². The van der Waals surface area contributed by atoms with E-state index in [-0.39, 0.29) is 96.5 Å². The predicted octanol–water partition coefficient (Wildman–Crippen LogP) is 3.51. The Kier molecular flexibility index (Phi) is 7.90. The highest BCUT2D eigenvalue weighted by molar-refractivity contribution is 5.85. The molecule has 1 spiro atoms. The molecule has 6 heterocycles. The first-order valence-electron chi connectivity index (χ1n) is 22.3. The number of esters is 3. The number of likely N-dealkylation sites (N-methyl/N-ethyl adjacent to an activating group) is 1. The summed E-state index contributed by atoms with van der Waals surface area (Å²) in [5.74, 6) is -1.64. The molecule has 4 saturated heterocycles. The minimum atomic E-state index is -1.50. The Hall–Kier alpha value is -3.03. The minimum absolute atomic E-state index is 0.00132. The molecular weight excluding hydrogens is 741 g/mol. The number of quaternary nitrogens is 1. The lowest BCUT2D eigenvalue weighted by Gasteiger charge is -2.67. The van der Waals surface area contributed by atoms with Crippen LogP contribution in [0.25, 0.3) is 0 Å². The number of anilines is 1. The largest absolute Gasteiger partial charge is 0.468 e. The summed E-state index contributed by atoms with van der Waals surface area (Å²) < 4.78 is 17.5. The van der Waals surface area contributed by atoms with Gasteiger partial charge in [-0.2, -0.15) is 0 Å². The van der Waals surface area contributed by atoms with Crippen LogP contribution < -0.4 is 4.90 Å². The SMILES string of the molecule is CC[C@@H]1[C@H]2C[C@H]3[C@@H]4N(C)c5ccccc5[C@@]45C[C@@H]([C@@H]2[C@@H]5O)[N@+]3(CC(=O)O[C@@H]2CC[C@]3(C(=O)OC)[C@H]4CC[C@]5(C)[C@H](C6=CC(=O)OC6)CC[C@@]5(O)[C@@H]4CC[C@@]3(O)C2)[C@@H]1O. The van der Waals surface area contributed by atoms with Crippen LogP contribution in [0.2, 0.25) is 0 Å². The second kappa shape index (κ2) is 12.1. The third-order valence-corrected chi connectivity index (χ3v) is 19.9. The van der Waals surface area contributed by atoms with Gasteiger partial charge >= 0.3 is 17.9 Å². The maximum Gasteiger partial charge on any atom is 0.362 e. The van der Waals surface area contributed by atoms with Gasteiger partial charge in [-0.1, -0.05) is 32.0 Å². The van der Waals surface area contributed by atoms with Gasteiger partial charge in [-0.3, -0.25) is 9.28 Å². The Morgan fingerprint density at radius 3 is 2.52 bits per heavy atom. The summed E-state index contributed by atoms with van der Waals surface area (Å²) in [5, 5.41) is 50.6. The minimum Gasteiger partial charge on any atom is -0.468 e. The Balaban J connectivity index is 0.871. The van der Waals surface area contributed by atoms with E-state index in [1.165, 1.54) is 12.7 Å². The quantitative estimate of drug-likeness (QED) is 0.189. The standard InChI is InChI=1S/C46H61N2O10/c1-5-26-27-19-33-38-44(31-8-6-7-9-32(31)47(38)3)21-34(37(27)39(44)51)48(33,40(26)52)22-36(50)58-25-10-16-45(41(53)56-4)29-11-14-42(2)28(24-18-35(49)57-23-24)13-17-46(42,55)30(29)12-15-43(45,54)20-25/h6-9,18,25-30,33-34,37-40,51-52,54-55H,5,10-17,19-23H2,1-4H3/q+1/t25-,26-,27-,28+,29+,30-,33+,34+,37-,38+,39+,40-,42-,43-,44+,45-,46-,48-/m1/s1. The molecule has 12 nitrogen and oxygen atoms in total. The molecule has 5 bridgehead atoms. The number of cyclic esters (lactones) is 1. The molecule has 314 valence electrons. The van der Waals surface area contributed by atoms with Crippen LogP contribution in [-0.2, 0) is 34.0 Å². The molecule has 0 unspecified atom stereocenters. The predicted molar refractivity (Wildman–Crippen MR) is 208 cm³/mol. The molecule has 9 fully saturated rings. The van der Waals surface area contributed by atoms with E-state index >= 15 is 0 Å². The second-order valence-electron chi connectivity index (χ2n) is 20.9. The van der Waals surface area contributed by atoms with E-state index in [0.717, 1.165) is 30.5 Å². The van der Waals surface area contributed by atoms with Crippen molar-refractivity contribution in [3.8, 4) is 0 Å². The molecule has 4 N–H and O–H groups in total. The van der Waals surface area contributed by atoms with Crippen LogP contribution in [0.4, 0.5) is 5.69 Å². The molecule has 58 heavy (non-hydrogen) atoms. The van der Waals surface area contributed by atoms with Crippen LogP contribution >= 0.6 is 0 Å². The summed E-state index contributed by atoms with van der Waals surface area (Å²) in [7, 11) is 3.48. The number of methoxy groups -OCH3 is 1. The van der Waals surface area contributed by atoms with Crippen molar-refractivity contribution >= 4 is 23.6 Å². The molecule has 0 radical (unpaired) electrons. The molecule has 1 aromatic rings. The molecular formula is C46H61N2O10+. The number of aliphatic hydroxyl groups excluding tert-OH is 2. The number of piperidine rings is 4. The number of benzene rings is 1. The molecule has 0 amide bonds. The lowest BCUT2D eigenvalue weighted by Crippen LogP contribution is -2.83. The summed E-state index contributed by atoms with van der Waals surface area (Å²) in [5.41, 5.74) is -1.55. The molecule has 12 heteroatoms. The summed E-state index contributed by atoms with van der Waals surface area (Å²) >= 11 is 0. The molecule has 0 aromatic heterocycles. The normalized spacial score (nSPS) is 52.6. The van der Waals surface area contributed by atoms with Gasteiger partial charge in [0, 0.05) is 55.3 Å². The van der Waals surface area contributed by atoms with Crippen molar-refractivity contribution < 1.29 is 53.5 Å². The molecule has 12 rings (SSSR count). The Labute approximate surface area is 340 Å². The van der Waals surface area contributed by atoms with Gasteiger partial charge in [0.05, 0.1) is 47.3 Å². The van der Waals surface area contributed by atoms with Crippen molar-refractivity contribution in [3.05, 3.63) is 41.5 Å². The molecule has 5 aliphatic carbocycles. The van der Waals surface area contributed by atoms with Crippen LogP contribution in [0.3, 0.4) is 0 Å². The van der Waals surface area contributed by atoms with Crippen molar-refractivity contribution in [2.75, 3.05) is 32.2 Å². The van der Waals surface area contributed by atoms with Crippen molar-refractivity contribution in [3.63, 3.8) is 0 Å². The lowest BCUT2D eigenvalue weighted by molar-refractivity contribution is -1.03. The van der Waals surface area contributed by atoms with E-state index in [0.29, 0.717) is 38.5 Å². The van der Waals surface area contributed by atoms with E-state index in [1.54, 1.807) is 6.08 Å². The van der Waals surface area contributed by atoms with Gasteiger partial charge in [-0.15, -0.1) is 0 Å². The van der Waals surface area contributed by atoms with E-state index < -0.39 is 57.8 Å². The first-order valence-corrected chi connectivity index (χ1v) is 22.3. The number of fused-ring (bicyclic) bond motifs is 7. The van der Waals surface area contributed by atoms with Gasteiger partial charge < -0.3 is 39.5 Å². The maximum absolute atomic E-state index is 14.6.